The predicted octanol–water partition coefficient (Wildman–Crippen LogP) is 3.00. The number of fused-ring (bicyclic) bond motifs is 1. The Morgan fingerprint density at radius 3 is 2.53 bits per heavy atom. The number of imidazole rings is 1. The third kappa shape index (κ3) is 6.45. The van der Waals surface area contributed by atoms with Crippen LogP contribution in [0.1, 0.15) is 19.9 Å². The first-order valence-electron chi connectivity index (χ1n) is 11.6. The number of carbonyl (C=O) groups is 2. The van der Waals surface area contributed by atoms with Gasteiger partial charge in [0.2, 0.25) is 5.91 Å². The van der Waals surface area contributed by atoms with Gasteiger partial charge in [-0.3, -0.25) is 9.48 Å². The number of halogens is 3. The number of amides is 3. The molecule has 11 nitrogen and oxygen atoms in total. The van der Waals surface area contributed by atoms with Gasteiger partial charge in [-0.2, -0.15) is 23.4 Å². The Morgan fingerprint density at radius 2 is 1.79 bits per heavy atom. The molecule has 3 heterocycles. The maximum absolute atomic E-state index is 12.3. The summed E-state index contributed by atoms with van der Waals surface area (Å²) in [5.41, 5.74) is 3.49. The van der Waals surface area contributed by atoms with Gasteiger partial charge >= 0.3 is 12.2 Å². The number of rotatable bonds is 8. The van der Waals surface area contributed by atoms with E-state index in [0.29, 0.717) is 28.2 Å². The molecule has 4 N–H and O–H groups in total. The number of anilines is 1. The lowest BCUT2D eigenvalue weighted by atomic mass is 10.1. The fourth-order valence-electron chi connectivity index (χ4n) is 3.56. The van der Waals surface area contributed by atoms with Gasteiger partial charge in [-0.1, -0.05) is 12.1 Å². The predicted molar refractivity (Wildman–Crippen MR) is 132 cm³/mol. The number of aliphatic hydroxyl groups excluding tert-OH is 1. The van der Waals surface area contributed by atoms with E-state index in [-0.39, 0.29) is 12.5 Å². The molecule has 2 atom stereocenters. The summed E-state index contributed by atoms with van der Waals surface area (Å²) in [6.45, 7) is 1.98. The van der Waals surface area contributed by atoms with E-state index in [0.717, 1.165) is 5.56 Å². The molecule has 0 radical (unpaired) electrons. The number of carbonyl (C=O) groups excluding carboxylic acids is 2. The molecular weight excluding hydrogens is 505 g/mol. The molecule has 0 saturated heterocycles. The molecule has 3 aromatic heterocycles. The summed E-state index contributed by atoms with van der Waals surface area (Å²) in [6, 6.07) is 6.78. The number of nitrogens with one attached hydrogen (secondary N) is 3. The van der Waals surface area contributed by atoms with Crippen molar-refractivity contribution >= 4 is 23.3 Å². The first-order chi connectivity index (χ1) is 18.0. The first kappa shape index (κ1) is 26.6. The van der Waals surface area contributed by atoms with Crippen LogP contribution in [0.3, 0.4) is 0 Å². The van der Waals surface area contributed by atoms with E-state index in [1.54, 1.807) is 78.8 Å². The van der Waals surface area contributed by atoms with Crippen LogP contribution in [0.2, 0.25) is 0 Å². The maximum Gasteiger partial charge on any atom is 0.405 e. The van der Waals surface area contributed by atoms with Gasteiger partial charge in [-0.15, -0.1) is 0 Å². The molecule has 38 heavy (non-hydrogen) atoms. The topological polar surface area (TPSA) is 138 Å². The Morgan fingerprint density at radius 1 is 1.03 bits per heavy atom. The lowest BCUT2D eigenvalue weighted by Crippen LogP contribution is -2.36. The zero-order valence-electron chi connectivity index (χ0n) is 20.4. The summed E-state index contributed by atoms with van der Waals surface area (Å²) in [5, 5.41) is 24.9. The van der Waals surface area contributed by atoms with Gasteiger partial charge in [0.05, 0.1) is 30.4 Å². The highest BCUT2D eigenvalue weighted by Gasteiger charge is 2.27. The van der Waals surface area contributed by atoms with Crippen LogP contribution in [0, 0.1) is 0 Å². The fraction of sp³-hybridized carbons (Fsp3) is 0.292. The average molecular weight is 531 g/mol. The normalized spacial score (nSPS) is 13.2. The van der Waals surface area contributed by atoms with Gasteiger partial charge in [0.25, 0.3) is 0 Å². The van der Waals surface area contributed by atoms with Crippen LogP contribution in [-0.2, 0) is 4.79 Å². The minimum absolute atomic E-state index is 0.143. The molecule has 3 amide bonds. The second-order valence-electron chi connectivity index (χ2n) is 8.64. The molecule has 0 aliphatic heterocycles. The smallest absolute Gasteiger partial charge is 0.392 e. The van der Waals surface area contributed by atoms with Crippen molar-refractivity contribution in [1.82, 2.24) is 35.0 Å². The number of alkyl halides is 3. The molecule has 0 aliphatic rings. The van der Waals surface area contributed by atoms with E-state index in [9.17, 15) is 27.9 Å². The van der Waals surface area contributed by atoms with Gasteiger partial charge in [-0.25, -0.2) is 14.3 Å². The zero-order chi connectivity index (χ0) is 27.4. The highest BCUT2D eigenvalue weighted by molar-refractivity contribution is 5.90. The molecule has 2 unspecified atom stereocenters. The zero-order valence-corrected chi connectivity index (χ0v) is 20.4. The summed E-state index contributed by atoms with van der Waals surface area (Å²) in [5.74, 6) is -0.276. The van der Waals surface area contributed by atoms with Crippen molar-refractivity contribution < 1.29 is 27.9 Å². The van der Waals surface area contributed by atoms with E-state index in [2.05, 4.69) is 25.8 Å². The maximum atomic E-state index is 12.3. The van der Waals surface area contributed by atoms with E-state index < -0.39 is 30.9 Å². The molecule has 4 aromatic rings. The van der Waals surface area contributed by atoms with Crippen molar-refractivity contribution in [2.45, 2.75) is 32.2 Å². The Balaban J connectivity index is 1.50. The van der Waals surface area contributed by atoms with Crippen LogP contribution in [0.25, 0.3) is 28.0 Å². The van der Waals surface area contributed by atoms with Crippen molar-refractivity contribution in [3.8, 4) is 22.4 Å². The molecule has 0 fully saturated rings. The minimum Gasteiger partial charge on any atom is -0.392 e. The van der Waals surface area contributed by atoms with Gasteiger partial charge in [-0.05, 0) is 32.0 Å². The molecule has 0 saturated carbocycles. The third-order valence-electron chi connectivity index (χ3n) is 5.51. The van der Waals surface area contributed by atoms with Crippen molar-refractivity contribution in [1.29, 1.82) is 0 Å². The Kier molecular flexibility index (Phi) is 7.62. The number of nitrogens with zero attached hydrogens (tertiary/aromatic N) is 5. The van der Waals surface area contributed by atoms with E-state index >= 15 is 0 Å². The summed E-state index contributed by atoms with van der Waals surface area (Å²) in [6.07, 6.45) is 1.36. The van der Waals surface area contributed by atoms with Crippen molar-refractivity contribution in [2.75, 3.05) is 18.4 Å². The number of benzene rings is 1. The van der Waals surface area contributed by atoms with Gasteiger partial charge in [0, 0.05) is 35.1 Å². The lowest BCUT2D eigenvalue weighted by Gasteiger charge is -2.13. The van der Waals surface area contributed by atoms with Crippen LogP contribution in [-0.4, -0.2) is 66.8 Å². The largest absolute Gasteiger partial charge is 0.405 e. The number of hydrogen-bond donors (Lipinski definition) is 4. The fourth-order valence-corrected chi connectivity index (χ4v) is 3.56. The van der Waals surface area contributed by atoms with Crippen molar-refractivity contribution in [2.24, 2.45) is 0 Å². The summed E-state index contributed by atoms with van der Waals surface area (Å²) >= 11 is 0. The van der Waals surface area contributed by atoms with Crippen LogP contribution >= 0.6 is 0 Å². The van der Waals surface area contributed by atoms with Crippen molar-refractivity contribution in [3.05, 3.63) is 55.1 Å². The standard InChI is InChI=1S/C24H25F3N8O3/c1-14(36)8-29-22(37)15(2)34-12-18(10-31-34)17-7-21-28-11-20(35(21)32-9-17)16-4-3-5-19(6-16)33-23(38)30-13-24(25,26)27/h3-7,9-12,14-15,36H,8,13H2,1-2H3,(H,29,37)(H2,30,33,38). The lowest BCUT2D eigenvalue weighted by molar-refractivity contribution is -0.124. The SMILES string of the molecule is CC(O)CNC(=O)C(C)n1cc(-c2cnn3c(-c4cccc(NC(=O)NCC(F)(F)F)c4)cnc3c2)cn1. The number of aliphatic hydroxyl groups is 1. The Bertz CT molecular complexity index is 1450. The second-order valence-corrected chi connectivity index (χ2v) is 8.64. The van der Waals surface area contributed by atoms with E-state index in [1.807, 2.05) is 0 Å². The Labute approximate surface area is 214 Å². The van der Waals surface area contributed by atoms with Crippen LogP contribution < -0.4 is 16.0 Å². The van der Waals surface area contributed by atoms with Gasteiger partial charge < -0.3 is 21.1 Å². The monoisotopic (exact) mass is 530 g/mol. The van der Waals surface area contributed by atoms with Gasteiger partial charge in [0.15, 0.2) is 5.65 Å². The average Bonchev–Trinajstić information content (AvgIpc) is 3.52. The van der Waals surface area contributed by atoms with Crippen LogP contribution in [0.4, 0.5) is 23.7 Å². The molecule has 0 aliphatic carbocycles. The quantitative estimate of drug-likeness (QED) is 0.276. The highest BCUT2D eigenvalue weighted by Crippen LogP contribution is 2.26. The van der Waals surface area contributed by atoms with Crippen molar-refractivity contribution in [3.63, 3.8) is 0 Å². The molecule has 1 aromatic carbocycles. The number of urea groups is 1. The third-order valence-corrected chi connectivity index (χ3v) is 5.51. The first-order valence-corrected chi connectivity index (χ1v) is 11.6. The number of aromatic nitrogens is 5. The molecule has 4 rings (SSSR count). The van der Waals surface area contributed by atoms with Crippen LogP contribution in [0.5, 0.6) is 0 Å². The van der Waals surface area contributed by atoms with Crippen LogP contribution in [0.15, 0.2) is 55.1 Å². The van der Waals surface area contributed by atoms with Gasteiger partial charge in [0.1, 0.15) is 12.6 Å². The summed E-state index contributed by atoms with van der Waals surface area (Å²) in [4.78, 5) is 28.5. The second kappa shape index (κ2) is 10.9. The number of hydrogen-bond acceptors (Lipinski definition) is 6. The molecule has 14 heteroatoms. The van der Waals surface area contributed by atoms with E-state index in [4.69, 9.17) is 0 Å². The van der Waals surface area contributed by atoms with E-state index in [1.165, 1.54) is 4.68 Å². The minimum atomic E-state index is -4.51. The Hall–Kier alpha value is -4.46. The summed E-state index contributed by atoms with van der Waals surface area (Å²) < 4.78 is 40.1. The molecule has 200 valence electrons. The molecule has 0 bridgehead atoms. The highest BCUT2D eigenvalue weighted by atomic mass is 19.4. The summed E-state index contributed by atoms with van der Waals surface area (Å²) in [7, 11) is 0. The molecular formula is C24H25F3N8O3. The molecule has 0 spiro atoms.